The minimum Gasteiger partial charge on any atom is -0.478 e. The van der Waals surface area contributed by atoms with E-state index in [0.29, 0.717) is 11.4 Å². The number of aldehydes is 1. The Balaban J connectivity index is 3.12. The van der Waals surface area contributed by atoms with E-state index in [1.165, 1.54) is 7.11 Å². The molecule has 1 heterocycles. The van der Waals surface area contributed by atoms with E-state index >= 15 is 0 Å². The van der Waals surface area contributed by atoms with Crippen LogP contribution in [0.2, 0.25) is 0 Å². The summed E-state index contributed by atoms with van der Waals surface area (Å²) in [6.07, 6.45) is 2.33. The van der Waals surface area contributed by atoms with Crippen molar-refractivity contribution in [1.82, 2.24) is 4.68 Å². The molecule has 0 spiro atoms. The summed E-state index contributed by atoms with van der Waals surface area (Å²) in [7, 11) is 3.29. The summed E-state index contributed by atoms with van der Waals surface area (Å²) in [5, 5.41) is 2.80. The van der Waals surface area contributed by atoms with Crippen LogP contribution in [0.25, 0.3) is 0 Å². The Hall–Kier alpha value is -1.32. The molecule has 1 aromatic rings. The first-order valence-electron chi connectivity index (χ1n) is 2.86. The topological polar surface area (TPSA) is 45.4 Å². The van der Waals surface area contributed by atoms with E-state index in [1.807, 2.05) is 0 Å². The molecule has 4 nitrogen and oxygen atoms in total. The first kappa shape index (κ1) is 6.80. The van der Waals surface area contributed by atoms with Crippen LogP contribution in [0.1, 0.15) is 10.4 Å². The molecule has 0 unspecified atom stereocenters. The molecule has 0 aliphatic rings. The maximum absolute atomic E-state index is 10.3. The molecule has 54 valence electrons. The molecule has 1 N–H and O–H groups in total. The van der Waals surface area contributed by atoms with Crippen LogP contribution in [-0.4, -0.2) is 18.1 Å². The molecule has 0 amide bonds. The number of aryl methyl sites for hydroxylation is 1. The van der Waals surface area contributed by atoms with Gasteiger partial charge in [0.1, 0.15) is 5.56 Å². The van der Waals surface area contributed by atoms with Crippen LogP contribution in [0.15, 0.2) is 6.20 Å². The van der Waals surface area contributed by atoms with E-state index in [9.17, 15) is 4.79 Å². The summed E-state index contributed by atoms with van der Waals surface area (Å²) in [5.74, 6) is 0.551. The Bertz CT molecular complexity index is 242. The summed E-state index contributed by atoms with van der Waals surface area (Å²) in [6.45, 7) is 0. The zero-order chi connectivity index (χ0) is 7.56. The van der Waals surface area contributed by atoms with E-state index in [-0.39, 0.29) is 0 Å². The van der Waals surface area contributed by atoms with Gasteiger partial charge in [0.2, 0.25) is 6.20 Å². The molecule has 0 saturated carbocycles. The number of nitrogens with one attached hydrogen (secondary N) is 1. The first-order valence-corrected chi connectivity index (χ1v) is 2.86. The number of methoxy groups -OCH3 is 1. The van der Waals surface area contributed by atoms with Gasteiger partial charge in [-0.2, -0.15) is 0 Å². The molecule has 0 radical (unpaired) electrons. The summed E-state index contributed by atoms with van der Waals surface area (Å²) in [4.78, 5) is 10.3. The fourth-order valence-corrected chi connectivity index (χ4v) is 0.820. The fourth-order valence-electron chi connectivity index (χ4n) is 0.820. The average molecular weight is 141 g/mol. The number of hydrogen-bond acceptors (Lipinski definition) is 2. The Labute approximate surface area is 58.4 Å². The van der Waals surface area contributed by atoms with Crippen molar-refractivity contribution in [2.24, 2.45) is 7.05 Å². The van der Waals surface area contributed by atoms with Gasteiger partial charge in [-0.15, -0.1) is 9.78 Å². The van der Waals surface area contributed by atoms with Crippen molar-refractivity contribution >= 4 is 6.29 Å². The number of hydrogen-bond donors (Lipinski definition) is 0. The molecule has 0 aliphatic carbocycles. The Morgan fingerprint density at radius 2 is 2.50 bits per heavy atom. The molecule has 0 aromatic carbocycles. The monoisotopic (exact) mass is 141 g/mol. The molecule has 0 bridgehead atoms. The first-order chi connectivity index (χ1) is 4.79. The predicted octanol–water partition coefficient (Wildman–Crippen LogP) is -0.340. The number of carbonyl (C=O) groups excluding carboxylic acids is 1. The number of H-pyrrole nitrogens is 1. The average Bonchev–Trinajstić information content (AvgIpc) is 2.30. The highest BCUT2D eigenvalue weighted by Crippen LogP contribution is 2.10. The Morgan fingerprint density at radius 1 is 1.80 bits per heavy atom. The standard InChI is InChI=1S/C6H8N2O2/c1-8-6(10-2)5(4-9)3-7-8/h3-4H,1-2H3/p+1. The minimum atomic E-state index is 0.532. The third-order valence-corrected chi connectivity index (χ3v) is 1.29. The van der Waals surface area contributed by atoms with Crippen molar-refractivity contribution < 1.29 is 14.6 Å². The fraction of sp³-hybridized carbons (Fsp3) is 0.333. The number of rotatable bonds is 2. The van der Waals surface area contributed by atoms with Gasteiger partial charge in [-0.25, -0.2) is 0 Å². The molecule has 10 heavy (non-hydrogen) atoms. The Morgan fingerprint density at radius 3 is 2.90 bits per heavy atom. The van der Waals surface area contributed by atoms with Gasteiger partial charge in [0.05, 0.1) is 14.2 Å². The maximum atomic E-state index is 10.3. The summed E-state index contributed by atoms with van der Waals surface area (Å²) < 4.78 is 6.54. The second kappa shape index (κ2) is 2.51. The summed E-state index contributed by atoms with van der Waals surface area (Å²) in [6, 6.07) is 0. The van der Waals surface area contributed by atoms with E-state index in [1.54, 1.807) is 17.9 Å². The van der Waals surface area contributed by atoms with Crippen molar-refractivity contribution in [2.75, 3.05) is 7.11 Å². The van der Waals surface area contributed by atoms with Crippen molar-refractivity contribution in [3.8, 4) is 5.88 Å². The number of aromatic amines is 1. The van der Waals surface area contributed by atoms with E-state index in [2.05, 4.69) is 5.10 Å². The van der Waals surface area contributed by atoms with Gasteiger partial charge in [-0.05, 0) is 0 Å². The van der Waals surface area contributed by atoms with Crippen molar-refractivity contribution in [3.05, 3.63) is 11.8 Å². The lowest BCUT2D eigenvalue weighted by atomic mass is 10.4. The summed E-state index contributed by atoms with van der Waals surface area (Å²) >= 11 is 0. The quantitative estimate of drug-likeness (QED) is 0.529. The third kappa shape index (κ3) is 0.877. The van der Waals surface area contributed by atoms with E-state index in [4.69, 9.17) is 4.74 Å². The smallest absolute Gasteiger partial charge is 0.262 e. The van der Waals surface area contributed by atoms with Crippen LogP contribution in [-0.2, 0) is 7.05 Å². The van der Waals surface area contributed by atoms with E-state index < -0.39 is 0 Å². The maximum Gasteiger partial charge on any atom is 0.262 e. The van der Waals surface area contributed by atoms with Crippen LogP contribution in [0, 0.1) is 0 Å². The second-order valence-electron chi connectivity index (χ2n) is 1.91. The number of nitrogens with zero attached hydrogens (tertiary/aromatic N) is 1. The predicted molar refractivity (Wildman–Crippen MR) is 33.9 cm³/mol. The molecule has 4 heteroatoms. The van der Waals surface area contributed by atoms with Gasteiger partial charge >= 0.3 is 0 Å². The van der Waals surface area contributed by atoms with Crippen molar-refractivity contribution in [2.45, 2.75) is 0 Å². The highest BCUT2D eigenvalue weighted by molar-refractivity contribution is 5.77. The Kier molecular flexibility index (Phi) is 1.71. The van der Waals surface area contributed by atoms with E-state index in [0.717, 1.165) is 6.29 Å². The van der Waals surface area contributed by atoms with Gasteiger partial charge < -0.3 is 4.74 Å². The van der Waals surface area contributed by atoms with Gasteiger partial charge in [0.15, 0.2) is 6.29 Å². The van der Waals surface area contributed by atoms with Gasteiger partial charge in [0, 0.05) is 0 Å². The van der Waals surface area contributed by atoms with Crippen molar-refractivity contribution in [3.63, 3.8) is 0 Å². The van der Waals surface area contributed by atoms with Crippen molar-refractivity contribution in [1.29, 1.82) is 0 Å². The number of carbonyl (C=O) groups is 1. The largest absolute Gasteiger partial charge is 0.478 e. The lowest BCUT2D eigenvalue weighted by Crippen LogP contribution is -2.13. The van der Waals surface area contributed by atoms with Crippen LogP contribution in [0.4, 0.5) is 0 Å². The van der Waals surface area contributed by atoms with Gasteiger partial charge in [-0.3, -0.25) is 4.79 Å². The molecule has 1 aromatic heterocycles. The SMILES string of the molecule is COc1c(C=O)c[nH+]n1C. The normalized spacial score (nSPS) is 9.40. The van der Waals surface area contributed by atoms with Gasteiger partial charge in [0.25, 0.3) is 5.88 Å². The lowest BCUT2D eigenvalue weighted by Gasteiger charge is -1.93. The zero-order valence-electron chi connectivity index (χ0n) is 5.92. The van der Waals surface area contributed by atoms with Gasteiger partial charge in [-0.1, -0.05) is 0 Å². The second-order valence-corrected chi connectivity index (χ2v) is 1.91. The third-order valence-electron chi connectivity index (χ3n) is 1.29. The molecule has 0 saturated heterocycles. The van der Waals surface area contributed by atoms with Crippen LogP contribution >= 0.6 is 0 Å². The molecule has 0 fully saturated rings. The number of aromatic nitrogens is 2. The zero-order valence-corrected chi connectivity index (χ0v) is 5.92. The highest BCUT2D eigenvalue weighted by Gasteiger charge is 2.11. The number of ether oxygens (including phenoxy) is 1. The molecule has 0 atom stereocenters. The minimum absolute atomic E-state index is 0.532. The van der Waals surface area contributed by atoms with Crippen LogP contribution in [0.3, 0.4) is 0 Å². The highest BCUT2D eigenvalue weighted by atomic mass is 16.5. The molecule has 1 rings (SSSR count). The summed E-state index contributed by atoms with van der Waals surface area (Å²) in [5.41, 5.74) is 0.532. The van der Waals surface area contributed by atoms with Crippen LogP contribution in [0.5, 0.6) is 5.88 Å². The lowest BCUT2D eigenvalue weighted by molar-refractivity contribution is -0.485. The molecular weight excluding hydrogens is 132 g/mol. The molecule has 0 aliphatic heterocycles. The molecular formula is C6H9N2O2+. The van der Waals surface area contributed by atoms with Crippen LogP contribution < -0.4 is 9.84 Å².